The highest BCUT2D eigenvalue weighted by molar-refractivity contribution is 7.10. The molecule has 1 saturated heterocycles. The Kier molecular flexibility index (Phi) is 5.20. The van der Waals surface area contributed by atoms with Crippen LogP contribution in [0.25, 0.3) is 0 Å². The monoisotopic (exact) mass is 348 g/mol. The van der Waals surface area contributed by atoms with Gasteiger partial charge in [-0.2, -0.15) is 5.10 Å². The SMILES string of the molecule is Cc1nn(C)c(C)c1CCNC(=O)N1CCO[C@@H](c2cccs2)C1. The highest BCUT2D eigenvalue weighted by atomic mass is 32.1. The number of carbonyl (C=O) groups is 1. The van der Waals surface area contributed by atoms with Gasteiger partial charge in [-0.15, -0.1) is 11.3 Å². The highest BCUT2D eigenvalue weighted by Crippen LogP contribution is 2.26. The maximum Gasteiger partial charge on any atom is 0.317 e. The van der Waals surface area contributed by atoms with Gasteiger partial charge in [0, 0.05) is 30.7 Å². The van der Waals surface area contributed by atoms with Crippen molar-refractivity contribution in [3.8, 4) is 0 Å². The zero-order valence-electron chi connectivity index (χ0n) is 14.4. The molecule has 0 bridgehead atoms. The molecule has 0 saturated carbocycles. The van der Waals surface area contributed by atoms with Crippen molar-refractivity contribution in [2.45, 2.75) is 26.4 Å². The van der Waals surface area contributed by atoms with Gasteiger partial charge in [0.2, 0.25) is 0 Å². The van der Waals surface area contributed by atoms with Crippen molar-refractivity contribution in [2.75, 3.05) is 26.2 Å². The normalized spacial score (nSPS) is 18.0. The largest absolute Gasteiger partial charge is 0.369 e. The van der Waals surface area contributed by atoms with Crippen molar-refractivity contribution < 1.29 is 9.53 Å². The van der Waals surface area contributed by atoms with E-state index in [4.69, 9.17) is 4.74 Å². The van der Waals surface area contributed by atoms with Crippen LogP contribution in [0.15, 0.2) is 17.5 Å². The molecule has 7 heteroatoms. The smallest absolute Gasteiger partial charge is 0.317 e. The number of rotatable bonds is 4. The number of hydrogen-bond acceptors (Lipinski definition) is 4. The minimum Gasteiger partial charge on any atom is -0.369 e. The van der Waals surface area contributed by atoms with Crippen molar-refractivity contribution in [2.24, 2.45) is 7.05 Å². The van der Waals surface area contributed by atoms with E-state index in [2.05, 4.69) is 23.4 Å². The fourth-order valence-corrected chi connectivity index (χ4v) is 3.83. The quantitative estimate of drug-likeness (QED) is 0.923. The minimum absolute atomic E-state index is 0.00712. The second-order valence-electron chi connectivity index (χ2n) is 6.08. The van der Waals surface area contributed by atoms with Gasteiger partial charge in [0.05, 0.1) is 18.8 Å². The van der Waals surface area contributed by atoms with Gasteiger partial charge in [0.25, 0.3) is 0 Å². The van der Waals surface area contributed by atoms with Gasteiger partial charge in [-0.25, -0.2) is 4.79 Å². The first kappa shape index (κ1) is 17.0. The molecule has 1 fully saturated rings. The molecule has 24 heavy (non-hydrogen) atoms. The van der Waals surface area contributed by atoms with Gasteiger partial charge < -0.3 is 15.0 Å². The Labute approximate surface area is 146 Å². The Balaban J connectivity index is 1.51. The number of urea groups is 1. The molecular weight excluding hydrogens is 324 g/mol. The van der Waals surface area contributed by atoms with E-state index in [0.29, 0.717) is 26.2 Å². The summed E-state index contributed by atoms with van der Waals surface area (Å²) in [5.41, 5.74) is 3.41. The number of morpholine rings is 1. The predicted octanol–water partition coefficient (Wildman–Crippen LogP) is 2.42. The number of hydrogen-bond donors (Lipinski definition) is 1. The number of amides is 2. The summed E-state index contributed by atoms with van der Waals surface area (Å²) in [4.78, 5) is 15.4. The van der Waals surface area contributed by atoms with Crippen LogP contribution in [0, 0.1) is 13.8 Å². The first-order valence-electron chi connectivity index (χ1n) is 8.23. The van der Waals surface area contributed by atoms with Crippen molar-refractivity contribution in [3.63, 3.8) is 0 Å². The Morgan fingerprint density at radius 1 is 1.50 bits per heavy atom. The van der Waals surface area contributed by atoms with Crippen LogP contribution in [-0.2, 0) is 18.2 Å². The van der Waals surface area contributed by atoms with Gasteiger partial charge in [0.15, 0.2) is 0 Å². The Bertz CT molecular complexity index is 696. The van der Waals surface area contributed by atoms with Gasteiger partial charge in [-0.05, 0) is 37.3 Å². The van der Waals surface area contributed by atoms with E-state index in [9.17, 15) is 4.79 Å². The number of ether oxygens (including phenoxy) is 1. The zero-order chi connectivity index (χ0) is 17.1. The van der Waals surface area contributed by atoms with Gasteiger partial charge in [-0.3, -0.25) is 4.68 Å². The Hall–Kier alpha value is -1.86. The van der Waals surface area contributed by atoms with Crippen LogP contribution >= 0.6 is 11.3 Å². The average Bonchev–Trinajstić information content (AvgIpc) is 3.19. The zero-order valence-corrected chi connectivity index (χ0v) is 15.2. The Morgan fingerprint density at radius 3 is 3.00 bits per heavy atom. The van der Waals surface area contributed by atoms with E-state index in [1.165, 1.54) is 10.4 Å². The van der Waals surface area contributed by atoms with E-state index in [-0.39, 0.29) is 12.1 Å². The molecule has 0 unspecified atom stereocenters. The van der Waals surface area contributed by atoms with Crippen molar-refractivity contribution in [1.82, 2.24) is 20.0 Å². The van der Waals surface area contributed by atoms with Crippen molar-refractivity contribution in [1.29, 1.82) is 0 Å². The molecule has 130 valence electrons. The lowest BCUT2D eigenvalue weighted by Gasteiger charge is -2.32. The molecule has 1 aliphatic rings. The van der Waals surface area contributed by atoms with Crippen LogP contribution in [-0.4, -0.2) is 47.0 Å². The molecule has 0 spiro atoms. The lowest BCUT2D eigenvalue weighted by molar-refractivity contribution is -0.0135. The second-order valence-corrected chi connectivity index (χ2v) is 7.06. The molecule has 2 amide bonds. The number of aromatic nitrogens is 2. The molecule has 2 aromatic rings. The summed E-state index contributed by atoms with van der Waals surface area (Å²) in [5.74, 6) is 0. The lowest BCUT2D eigenvalue weighted by atomic mass is 10.1. The maximum atomic E-state index is 12.4. The molecule has 3 rings (SSSR count). The summed E-state index contributed by atoms with van der Waals surface area (Å²) < 4.78 is 7.68. The first-order chi connectivity index (χ1) is 11.6. The van der Waals surface area contributed by atoms with Crippen LogP contribution < -0.4 is 5.32 Å². The van der Waals surface area contributed by atoms with E-state index in [1.54, 1.807) is 11.3 Å². The summed E-state index contributed by atoms with van der Waals surface area (Å²) in [7, 11) is 1.95. The molecule has 0 aromatic carbocycles. The van der Waals surface area contributed by atoms with Crippen LogP contribution in [0.1, 0.15) is 27.9 Å². The lowest BCUT2D eigenvalue weighted by Crippen LogP contribution is -2.47. The first-order valence-corrected chi connectivity index (χ1v) is 9.11. The number of aryl methyl sites for hydroxylation is 2. The molecule has 1 atom stereocenters. The van der Waals surface area contributed by atoms with Crippen molar-refractivity contribution in [3.05, 3.63) is 39.3 Å². The third kappa shape index (κ3) is 3.62. The fourth-order valence-electron chi connectivity index (χ4n) is 3.07. The Morgan fingerprint density at radius 2 is 2.33 bits per heavy atom. The van der Waals surface area contributed by atoms with Gasteiger partial charge in [0.1, 0.15) is 6.10 Å². The maximum absolute atomic E-state index is 12.4. The van der Waals surface area contributed by atoms with E-state index in [0.717, 1.165) is 17.8 Å². The van der Waals surface area contributed by atoms with E-state index < -0.39 is 0 Å². The molecule has 6 nitrogen and oxygen atoms in total. The highest BCUT2D eigenvalue weighted by Gasteiger charge is 2.25. The third-order valence-corrected chi connectivity index (χ3v) is 5.49. The average molecular weight is 348 g/mol. The van der Waals surface area contributed by atoms with E-state index in [1.807, 2.05) is 35.0 Å². The summed E-state index contributed by atoms with van der Waals surface area (Å²) in [6, 6.07) is 4.06. The molecule has 1 N–H and O–H groups in total. The second kappa shape index (κ2) is 7.36. The van der Waals surface area contributed by atoms with Gasteiger partial charge >= 0.3 is 6.03 Å². The standard InChI is InChI=1S/C17H24N4O2S/c1-12-14(13(2)20(3)19-12)6-7-18-17(22)21-8-9-23-15(11-21)16-5-4-10-24-16/h4-5,10,15H,6-9,11H2,1-3H3,(H,18,22)/t15-/m1/s1. The molecular formula is C17H24N4O2S. The molecule has 3 heterocycles. The van der Waals surface area contributed by atoms with Crippen LogP contribution in [0.4, 0.5) is 4.79 Å². The molecule has 1 aliphatic heterocycles. The third-order valence-electron chi connectivity index (χ3n) is 4.52. The summed E-state index contributed by atoms with van der Waals surface area (Å²) in [6.07, 6.45) is 0.794. The summed E-state index contributed by atoms with van der Waals surface area (Å²) in [5, 5.41) is 9.48. The van der Waals surface area contributed by atoms with Gasteiger partial charge in [-0.1, -0.05) is 6.07 Å². The molecule has 0 radical (unpaired) electrons. The predicted molar refractivity (Wildman–Crippen MR) is 94.4 cm³/mol. The number of nitrogens with one attached hydrogen (secondary N) is 1. The van der Waals surface area contributed by atoms with Crippen LogP contribution in [0.3, 0.4) is 0 Å². The summed E-state index contributed by atoms with van der Waals surface area (Å²) >= 11 is 1.67. The van der Waals surface area contributed by atoms with Crippen LogP contribution in [0.2, 0.25) is 0 Å². The number of carbonyl (C=O) groups excluding carboxylic acids is 1. The molecule has 2 aromatic heterocycles. The van der Waals surface area contributed by atoms with E-state index >= 15 is 0 Å². The van der Waals surface area contributed by atoms with Crippen LogP contribution in [0.5, 0.6) is 0 Å². The molecule has 0 aliphatic carbocycles. The van der Waals surface area contributed by atoms with Crippen molar-refractivity contribution >= 4 is 17.4 Å². The summed E-state index contributed by atoms with van der Waals surface area (Å²) in [6.45, 7) is 6.52. The topological polar surface area (TPSA) is 59.4 Å². The fraction of sp³-hybridized carbons (Fsp3) is 0.529. The number of nitrogens with zero attached hydrogens (tertiary/aromatic N) is 3. The minimum atomic E-state index is -0.0148. The number of thiophene rings is 1.